The molecule has 2 heterocycles. The Kier molecular flexibility index (Phi) is 7.91. The van der Waals surface area contributed by atoms with E-state index in [9.17, 15) is 4.79 Å². The highest BCUT2D eigenvalue weighted by molar-refractivity contribution is 5.85. The van der Waals surface area contributed by atoms with E-state index in [0.717, 1.165) is 31.6 Å². The summed E-state index contributed by atoms with van der Waals surface area (Å²) in [6.07, 6.45) is 3.53. The van der Waals surface area contributed by atoms with Crippen LogP contribution in [0.15, 0.2) is 24.4 Å². The first kappa shape index (κ1) is 17.2. The third kappa shape index (κ3) is 4.80. The van der Waals surface area contributed by atoms with Crippen molar-refractivity contribution in [2.75, 3.05) is 13.1 Å². The zero-order valence-electron chi connectivity index (χ0n) is 9.99. The van der Waals surface area contributed by atoms with Crippen LogP contribution >= 0.6 is 24.8 Å². The monoisotopic (exact) mass is 292 g/mol. The van der Waals surface area contributed by atoms with Crippen LogP contribution in [-0.2, 0) is 11.3 Å². The predicted molar refractivity (Wildman–Crippen MR) is 74.4 cm³/mol. The van der Waals surface area contributed by atoms with Gasteiger partial charge in [-0.3, -0.25) is 14.7 Å². The highest BCUT2D eigenvalue weighted by Gasteiger charge is 2.25. The minimum Gasteiger partial charge on any atom is -0.481 e. The van der Waals surface area contributed by atoms with Gasteiger partial charge in [0.05, 0.1) is 11.6 Å². The van der Waals surface area contributed by atoms with E-state index in [2.05, 4.69) is 9.88 Å². The molecule has 0 saturated carbocycles. The highest BCUT2D eigenvalue weighted by Crippen LogP contribution is 2.17. The number of aliphatic carboxylic acids is 1. The molecule has 102 valence electrons. The zero-order chi connectivity index (χ0) is 11.4. The fourth-order valence-corrected chi connectivity index (χ4v) is 2.12. The van der Waals surface area contributed by atoms with Crippen LogP contribution in [0.1, 0.15) is 18.5 Å². The number of pyridine rings is 1. The van der Waals surface area contributed by atoms with Gasteiger partial charge in [0.15, 0.2) is 0 Å². The fraction of sp³-hybridized carbons (Fsp3) is 0.500. The van der Waals surface area contributed by atoms with Crippen LogP contribution in [-0.4, -0.2) is 34.0 Å². The summed E-state index contributed by atoms with van der Waals surface area (Å²) in [6.45, 7) is 2.37. The summed E-state index contributed by atoms with van der Waals surface area (Å²) in [7, 11) is 0. The van der Waals surface area contributed by atoms with Crippen molar-refractivity contribution in [3.05, 3.63) is 30.1 Å². The van der Waals surface area contributed by atoms with Gasteiger partial charge in [0.1, 0.15) is 0 Å². The van der Waals surface area contributed by atoms with E-state index in [1.54, 1.807) is 6.20 Å². The SMILES string of the molecule is Cl.Cl.O=C(O)[C@@H]1CCCN(Cc2ccccn2)C1. The maximum absolute atomic E-state index is 10.9. The number of hydrogen-bond acceptors (Lipinski definition) is 3. The standard InChI is InChI=1S/C12H16N2O2.2ClH/c15-12(16)10-4-3-7-14(8-10)9-11-5-1-2-6-13-11;;/h1-2,5-6,10H,3-4,7-9H2,(H,15,16);2*1H/t10-;;/m1../s1. The third-order valence-corrected chi connectivity index (χ3v) is 2.97. The van der Waals surface area contributed by atoms with Crippen LogP contribution in [0.5, 0.6) is 0 Å². The molecule has 1 aromatic heterocycles. The van der Waals surface area contributed by atoms with Crippen molar-refractivity contribution in [2.24, 2.45) is 5.92 Å². The Morgan fingerprint density at radius 3 is 2.83 bits per heavy atom. The largest absolute Gasteiger partial charge is 0.481 e. The molecule has 0 radical (unpaired) electrons. The maximum atomic E-state index is 10.9. The first-order valence-electron chi connectivity index (χ1n) is 5.61. The van der Waals surface area contributed by atoms with Crippen molar-refractivity contribution < 1.29 is 9.90 Å². The molecule has 1 atom stereocenters. The molecule has 2 rings (SSSR count). The van der Waals surface area contributed by atoms with Crippen molar-refractivity contribution in [1.82, 2.24) is 9.88 Å². The number of halogens is 2. The second kappa shape index (κ2) is 8.29. The molecule has 1 aliphatic rings. The van der Waals surface area contributed by atoms with E-state index in [-0.39, 0.29) is 30.7 Å². The molecule has 0 aliphatic carbocycles. The van der Waals surface area contributed by atoms with Gasteiger partial charge in [-0.2, -0.15) is 0 Å². The molecular weight excluding hydrogens is 275 g/mol. The molecule has 0 amide bonds. The van der Waals surface area contributed by atoms with E-state index >= 15 is 0 Å². The van der Waals surface area contributed by atoms with Gasteiger partial charge in [-0.25, -0.2) is 0 Å². The molecule has 18 heavy (non-hydrogen) atoms. The lowest BCUT2D eigenvalue weighted by Gasteiger charge is -2.30. The summed E-state index contributed by atoms with van der Waals surface area (Å²) in [5.41, 5.74) is 1.01. The summed E-state index contributed by atoms with van der Waals surface area (Å²) < 4.78 is 0. The number of rotatable bonds is 3. The minimum absolute atomic E-state index is 0. The molecule has 1 saturated heterocycles. The summed E-state index contributed by atoms with van der Waals surface area (Å²) in [4.78, 5) is 17.3. The number of carbonyl (C=O) groups is 1. The summed E-state index contributed by atoms with van der Waals surface area (Å²) >= 11 is 0. The van der Waals surface area contributed by atoms with Gasteiger partial charge in [0, 0.05) is 19.3 Å². The van der Waals surface area contributed by atoms with E-state index in [4.69, 9.17) is 5.11 Å². The topological polar surface area (TPSA) is 53.4 Å². The van der Waals surface area contributed by atoms with E-state index in [1.165, 1.54) is 0 Å². The van der Waals surface area contributed by atoms with Gasteiger partial charge in [-0.15, -0.1) is 24.8 Å². The Morgan fingerprint density at radius 1 is 1.44 bits per heavy atom. The van der Waals surface area contributed by atoms with Crippen LogP contribution in [0.4, 0.5) is 0 Å². The average Bonchev–Trinajstić information content (AvgIpc) is 2.30. The number of aromatic nitrogens is 1. The Hall–Kier alpha value is -0.840. The van der Waals surface area contributed by atoms with Gasteiger partial charge in [0.2, 0.25) is 0 Å². The zero-order valence-corrected chi connectivity index (χ0v) is 11.6. The van der Waals surface area contributed by atoms with E-state index in [0.29, 0.717) is 6.54 Å². The van der Waals surface area contributed by atoms with Crippen molar-refractivity contribution >= 4 is 30.8 Å². The van der Waals surface area contributed by atoms with Crippen LogP contribution in [0.3, 0.4) is 0 Å². The smallest absolute Gasteiger partial charge is 0.307 e. The highest BCUT2D eigenvalue weighted by atomic mass is 35.5. The normalized spacial score (nSPS) is 19.4. The first-order valence-corrected chi connectivity index (χ1v) is 5.61. The second-order valence-corrected chi connectivity index (χ2v) is 4.23. The van der Waals surface area contributed by atoms with Gasteiger partial charge >= 0.3 is 5.97 Å². The number of likely N-dealkylation sites (tertiary alicyclic amines) is 1. The van der Waals surface area contributed by atoms with Gasteiger partial charge in [0.25, 0.3) is 0 Å². The maximum Gasteiger partial charge on any atom is 0.307 e. The number of carboxylic acids is 1. The predicted octanol–water partition coefficient (Wildman–Crippen LogP) is 2.22. The Labute approximate surface area is 119 Å². The number of carboxylic acid groups (broad SMARTS) is 1. The number of hydrogen-bond donors (Lipinski definition) is 1. The lowest BCUT2D eigenvalue weighted by molar-refractivity contribution is -0.143. The lowest BCUT2D eigenvalue weighted by atomic mass is 9.98. The van der Waals surface area contributed by atoms with Crippen LogP contribution < -0.4 is 0 Å². The molecule has 0 aromatic carbocycles. The van der Waals surface area contributed by atoms with Gasteiger partial charge in [-0.1, -0.05) is 6.07 Å². The molecule has 0 bridgehead atoms. The van der Waals surface area contributed by atoms with E-state index in [1.807, 2.05) is 18.2 Å². The quantitative estimate of drug-likeness (QED) is 0.928. The van der Waals surface area contributed by atoms with Crippen molar-refractivity contribution in [3.63, 3.8) is 0 Å². The summed E-state index contributed by atoms with van der Waals surface area (Å²) in [5.74, 6) is -0.886. The van der Waals surface area contributed by atoms with Gasteiger partial charge < -0.3 is 5.11 Å². The molecule has 1 fully saturated rings. The minimum atomic E-state index is -0.675. The molecule has 6 heteroatoms. The molecular formula is C12H18Cl2N2O2. The first-order chi connectivity index (χ1) is 7.75. The van der Waals surface area contributed by atoms with Crippen molar-refractivity contribution in [3.8, 4) is 0 Å². The Bertz CT molecular complexity index is 362. The summed E-state index contributed by atoms with van der Waals surface area (Å²) in [6, 6.07) is 5.82. The van der Waals surface area contributed by atoms with Crippen LogP contribution in [0.25, 0.3) is 0 Å². The number of piperidine rings is 1. The average molecular weight is 293 g/mol. The van der Waals surface area contributed by atoms with Crippen molar-refractivity contribution in [1.29, 1.82) is 0 Å². The lowest BCUT2D eigenvalue weighted by Crippen LogP contribution is -2.38. The Balaban J connectivity index is 0.00000144. The fourth-order valence-electron chi connectivity index (χ4n) is 2.12. The molecule has 0 spiro atoms. The number of nitrogens with zero attached hydrogens (tertiary/aromatic N) is 2. The molecule has 1 aromatic rings. The van der Waals surface area contributed by atoms with Gasteiger partial charge in [-0.05, 0) is 31.5 Å². The van der Waals surface area contributed by atoms with Crippen LogP contribution in [0, 0.1) is 5.92 Å². The molecule has 1 aliphatic heterocycles. The second-order valence-electron chi connectivity index (χ2n) is 4.23. The van der Waals surface area contributed by atoms with Crippen LogP contribution in [0.2, 0.25) is 0 Å². The Morgan fingerprint density at radius 2 is 2.22 bits per heavy atom. The van der Waals surface area contributed by atoms with Crippen molar-refractivity contribution in [2.45, 2.75) is 19.4 Å². The summed E-state index contributed by atoms with van der Waals surface area (Å²) in [5, 5.41) is 8.98. The van der Waals surface area contributed by atoms with E-state index < -0.39 is 5.97 Å². The molecule has 4 nitrogen and oxygen atoms in total. The molecule has 0 unspecified atom stereocenters. The third-order valence-electron chi connectivity index (χ3n) is 2.97. The molecule has 1 N–H and O–H groups in total.